The standard InChI is InChI=1S/C25H28F3N3O4/c26-25(27,28)22-10-4-8-19(13-22)18-7-3-9-20(12-18)23(33)29-15-30-24(34)21(14-31(35)16-32)11-17-5-1-2-6-17/h3-4,7-10,12-13,16-17,21,35H,1-2,5-6,11,14-15H2,(H,29,33)(H,30,34). The number of hydroxylamine groups is 2. The predicted molar refractivity (Wildman–Crippen MR) is 122 cm³/mol. The van der Waals surface area contributed by atoms with E-state index in [0.717, 1.165) is 37.8 Å². The first kappa shape index (κ1) is 26.2. The predicted octanol–water partition coefficient (Wildman–Crippen LogP) is 4.22. The van der Waals surface area contributed by atoms with Crippen molar-refractivity contribution < 1.29 is 32.8 Å². The highest BCUT2D eigenvalue weighted by Crippen LogP contribution is 2.32. The average molecular weight is 492 g/mol. The quantitative estimate of drug-likeness (QED) is 0.201. The molecule has 1 aliphatic rings. The molecule has 0 bridgehead atoms. The lowest BCUT2D eigenvalue weighted by Gasteiger charge is -2.22. The molecule has 0 radical (unpaired) electrons. The average Bonchev–Trinajstić information content (AvgIpc) is 3.36. The number of nitrogens with zero attached hydrogens (tertiary/aromatic N) is 1. The molecule has 1 fully saturated rings. The monoisotopic (exact) mass is 491 g/mol. The van der Waals surface area contributed by atoms with Crippen LogP contribution in [-0.2, 0) is 15.8 Å². The van der Waals surface area contributed by atoms with Crippen LogP contribution in [0, 0.1) is 11.8 Å². The van der Waals surface area contributed by atoms with E-state index in [1.54, 1.807) is 12.1 Å². The Hall–Kier alpha value is -3.40. The Kier molecular flexibility index (Phi) is 8.86. The Balaban J connectivity index is 1.60. The molecule has 1 atom stereocenters. The smallest absolute Gasteiger partial charge is 0.338 e. The molecule has 7 nitrogen and oxygen atoms in total. The van der Waals surface area contributed by atoms with Gasteiger partial charge in [0.05, 0.1) is 24.7 Å². The Labute approximate surface area is 201 Å². The van der Waals surface area contributed by atoms with Crippen molar-refractivity contribution in [1.82, 2.24) is 15.7 Å². The molecule has 188 valence electrons. The van der Waals surface area contributed by atoms with Gasteiger partial charge in [-0.25, -0.2) is 5.06 Å². The number of carbonyl (C=O) groups is 3. The second-order valence-electron chi connectivity index (χ2n) is 8.69. The van der Waals surface area contributed by atoms with Gasteiger partial charge in [0.25, 0.3) is 5.91 Å². The molecule has 3 rings (SSSR count). The molecule has 1 saturated carbocycles. The van der Waals surface area contributed by atoms with E-state index in [1.807, 2.05) is 0 Å². The summed E-state index contributed by atoms with van der Waals surface area (Å²) in [5, 5.41) is 15.2. The summed E-state index contributed by atoms with van der Waals surface area (Å²) < 4.78 is 39.1. The molecule has 1 aliphatic carbocycles. The summed E-state index contributed by atoms with van der Waals surface area (Å²) in [4.78, 5) is 36.0. The molecular formula is C25H28F3N3O4. The second kappa shape index (κ2) is 11.8. The molecule has 0 saturated heterocycles. The topological polar surface area (TPSA) is 98.7 Å². The Morgan fingerprint density at radius 2 is 1.71 bits per heavy atom. The number of hydrogen-bond donors (Lipinski definition) is 3. The van der Waals surface area contributed by atoms with Crippen molar-refractivity contribution in [3.05, 3.63) is 59.7 Å². The van der Waals surface area contributed by atoms with Crippen LogP contribution in [-0.4, -0.2) is 41.7 Å². The van der Waals surface area contributed by atoms with Crippen molar-refractivity contribution in [1.29, 1.82) is 0 Å². The zero-order valence-corrected chi connectivity index (χ0v) is 19.1. The van der Waals surface area contributed by atoms with Crippen molar-refractivity contribution >= 4 is 18.2 Å². The maximum Gasteiger partial charge on any atom is 0.416 e. The summed E-state index contributed by atoms with van der Waals surface area (Å²) in [6, 6.07) is 11.0. The number of amides is 3. The maximum absolute atomic E-state index is 13.0. The number of alkyl halides is 3. The van der Waals surface area contributed by atoms with Crippen LogP contribution in [0.3, 0.4) is 0 Å². The third kappa shape index (κ3) is 7.54. The van der Waals surface area contributed by atoms with E-state index in [0.29, 0.717) is 28.5 Å². The first-order valence-electron chi connectivity index (χ1n) is 11.4. The van der Waals surface area contributed by atoms with E-state index < -0.39 is 29.5 Å². The lowest BCUT2D eigenvalue weighted by molar-refractivity contribution is -0.155. The van der Waals surface area contributed by atoms with Crippen LogP contribution in [0.4, 0.5) is 13.2 Å². The van der Waals surface area contributed by atoms with E-state index in [9.17, 15) is 32.8 Å². The number of carbonyl (C=O) groups excluding carboxylic acids is 3. The lowest BCUT2D eigenvalue weighted by Crippen LogP contribution is -2.43. The van der Waals surface area contributed by atoms with Gasteiger partial charge >= 0.3 is 6.18 Å². The highest BCUT2D eigenvalue weighted by atomic mass is 19.4. The highest BCUT2D eigenvalue weighted by Gasteiger charge is 2.30. The number of benzene rings is 2. The molecule has 3 amide bonds. The van der Waals surface area contributed by atoms with E-state index in [2.05, 4.69) is 10.6 Å². The zero-order valence-electron chi connectivity index (χ0n) is 19.1. The molecule has 35 heavy (non-hydrogen) atoms. The van der Waals surface area contributed by atoms with Gasteiger partial charge in [0.1, 0.15) is 0 Å². The highest BCUT2D eigenvalue weighted by molar-refractivity contribution is 5.95. The molecule has 2 aromatic rings. The fourth-order valence-electron chi connectivity index (χ4n) is 4.35. The zero-order chi connectivity index (χ0) is 25.4. The minimum Gasteiger partial charge on any atom is -0.338 e. The summed E-state index contributed by atoms with van der Waals surface area (Å²) in [5.74, 6) is -1.17. The molecule has 0 heterocycles. The van der Waals surface area contributed by atoms with Crippen LogP contribution in [0.2, 0.25) is 0 Å². The minimum absolute atomic E-state index is 0.140. The van der Waals surface area contributed by atoms with Crippen LogP contribution in [0.15, 0.2) is 48.5 Å². The van der Waals surface area contributed by atoms with E-state index in [4.69, 9.17) is 0 Å². The van der Waals surface area contributed by atoms with Gasteiger partial charge < -0.3 is 10.6 Å². The molecule has 0 aliphatic heterocycles. The summed E-state index contributed by atoms with van der Waals surface area (Å²) >= 11 is 0. The van der Waals surface area contributed by atoms with Crippen molar-refractivity contribution in [2.45, 2.75) is 38.3 Å². The Bertz CT molecular complexity index is 1040. The van der Waals surface area contributed by atoms with Crippen LogP contribution < -0.4 is 10.6 Å². The Morgan fingerprint density at radius 1 is 1.06 bits per heavy atom. The summed E-state index contributed by atoms with van der Waals surface area (Å²) in [5.41, 5.74) is 0.206. The van der Waals surface area contributed by atoms with Gasteiger partial charge in [0.15, 0.2) is 0 Å². The van der Waals surface area contributed by atoms with Crippen molar-refractivity contribution in [3.8, 4) is 11.1 Å². The van der Waals surface area contributed by atoms with Crippen LogP contribution in [0.1, 0.15) is 48.0 Å². The maximum atomic E-state index is 13.0. The first-order valence-corrected chi connectivity index (χ1v) is 11.4. The summed E-state index contributed by atoms with van der Waals surface area (Å²) in [6.07, 6.45) is 0.468. The van der Waals surface area contributed by atoms with Gasteiger partial charge in [-0.15, -0.1) is 0 Å². The Morgan fingerprint density at radius 3 is 2.37 bits per heavy atom. The molecule has 3 N–H and O–H groups in total. The van der Waals surface area contributed by atoms with Crippen molar-refractivity contribution in [2.24, 2.45) is 11.8 Å². The number of rotatable bonds is 10. The lowest BCUT2D eigenvalue weighted by atomic mass is 9.92. The first-order chi connectivity index (χ1) is 16.7. The molecule has 0 spiro atoms. The van der Waals surface area contributed by atoms with Gasteiger partial charge in [-0.05, 0) is 47.7 Å². The van der Waals surface area contributed by atoms with Gasteiger partial charge in [-0.3, -0.25) is 19.6 Å². The number of hydrogen-bond acceptors (Lipinski definition) is 4. The minimum atomic E-state index is -4.47. The third-order valence-electron chi connectivity index (χ3n) is 6.15. The second-order valence-corrected chi connectivity index (χ2v) is 8.69. The molecular weight excluding hydrogens is 463 g/mol. The molecule has 10 heteroatoms. The third-order valence-corrected chi connectivity index (χ3v) is 6.15. The molecule has 2 aromatic carbocycles. The van der Waals surface area contributed by atoms with E-state index in [-0.39, 0.29) is 25.2 Å². The summed E-state index contributed by atoms with van der Waals surface area (Å²) in [7, 11) is 0. The van der Waals surface area contributed by atoms with Crippen LogP contribution >= 0.6 is 0 Å². The van der Waals surface area contributed by atoms with Gasteiger partial charge in [0, 0.05) is 5.56 Å². The fraction of sp³-hybridized carbons (Fsp3) is 0.400. The SMILES string of the molecule is O=CN(O)CC(CC1CCCC1)C(=O)NCNC(=O)c1cccc(-c2cccc(C(F)(F)F)c2)c1. The molecule has 0 aromatic heterocycles. The van der Waals surface area contributed by atoms with Gasteiger partial charge in [-0.2, -0.15) is 13.2 Å². The fourth-order valence-corrected chi connectivity index (χ4v) is 4.35. The molecule has 1 unspecified atom stereocenters. The van der Waals surface area contributed by atoms with Gasteiger partial charge in [0.2, 0.25) is 12.3 Å². The largest absolute Gasteiger partial charge is 0.416 e. The van der Waals surface area contributed by atoms with E-state index in [1.165, 1.54) is 24.3 Å². The normalized spacial score (nSPS) is 14.9. The van der Waals surface area contributed by atoms with Crippen LogP contribution in [0.5, 0.6) is 0 Å². The summed E-state index contributed by atoms with van der Waals surface area (Å²) in [6.45, 7) is -0.321. The van der Waals surface area contributed by atoms with E-state index >= 15 is 0 Å². The number of nitrogens with one attached hydrogen (secondary N) is 2. The van der Waals surface area contributed by atoms with Crippen LogP contribution in [0.25, 0.3) is 11.1 Å². The number of halogens is 3. The van der Waals surface area contributed by atoms with Crippen molar-refractivity contribution in [3.63, 3.8) is 0 Å². The van der Waals surface area contributed by atoms with Crippen molar-refractivity contribution in [2.75, 3.05) is 13.2 Å². The van der Waals surface area contributed by atoms with Gasteiger partial charge in [-0.1, -0.05) is 49.9 Å².